The highest BCUT2D eigenvalue weighted by atomic mass is 32.1. The third-order valence-corrected chi connectivity index (χ3v) is 6.41. The Kier molecular flexibility index (Phi) is 7.20. The molecule has 2 N–H and O–H groups in total. The average molecular weight is 506 g/mol. The third kappa shape index (κ3) is 6.07. The topological polar surface area (TPSA) is 98.4 Å². The molecule has 12 heteroatoms. The number of nitrogens with zero attached hydrogens (tertiary/aromatic N) is 3. The molecule has 0 bridgehead atoms. The molecule has 35 heavy (non-hydrogen) atoms. The number of aromatic nitrogens is 2. The second-order valence-corrected chi connectivity index (χ2v) is 8.79. The fourth-order valence-electron chi connectivity index (χ4n) is 3.73. The SMILES string of the molecule is O=C(Nc1nc(CCC(=O)N2CCN(c3cccc(C(F)(F)F)c3)CC2)cs1)c1ccc[nH]c1=O. The number of alkyl halides is 3. The van der Waals surface area contributed by atoms with Crippen LogP contribution in [0.1, 0.15) is 28.0 Å². The highest BCUT2D eigenvalue weighted by molar-refractivity contribution is 7.14. The van der Waals surface area contributed by atoms with Crippen LogP contribution in [0.15, 0.2) is 52.8 Å². The maximum Gasteiger partial charge on any atom is 0.416 e. The van der Waals surface area contributed by atoms with Crippen LogP contribution in [0.25, 0.3) is 0 Å². The van der Waals surface area contributed by atoms with E-state index in [0.29, 0.717) is 49.1 Å². The molecule has 1 aliphatic heterocycles. The summed E-state index contributed by atoms with van der Waals surface area (Å²) >= 11 is 1.20. The highest BCUT2D eigenvalue weighted by Crippen LogP contribution is 2.32. The number of amides is 2. The van der Waals surface area contributed by atoms with Crippen molar-refractivity contribution in [2.24, 2.45) is 0 Å². The van der Waals surface area contributed by atoms with Crippen LogP contribution in [0.5, 0.6) is 0 Å². The second kappa shape index (κ2) is 10.3. The van der Waals surface area contributed by atoms with Gasteiger partial charge in [0, 0.05) is 49.9 Å². The Morgan fingerprint density at radius 3 is 2.60 bits per heavy atom. The number of hydrogen-bond acceptors (Lipinski definition) is 6. The quantitative estimate of drug-likeness (QED) is 0.535. The van der Waals surface area contributed by atoms with Crippen molar-refractivity contribution < 1.29 is 22.8 Å². The summed E-state index contributed by atoms with van der Waals surface area (Å²) in [5.74, 6) is -0.634. The van der Waals surface area contributed by atoms with Crippen LogP contribution in [0.3, 0.4) is 0 Å². The molecule has 0 atom stereocenters. The molecule has 2 amide bonds. The van der Waals surface area contributed by atoms with Gasteiger partial charge in [0.1, 0.15) is 5.56 Å². The summed E-state index contributed by atoms with van der Waals surface area (Å²) in [5, 5.41) is 4.65. The Hall–Kier alpha value is -3.67. The third-order valence-electron chi connectivity index (χ3n) is 5.60. The van der Waals surface area contributed by atoms with E-state index in [-0.39, 0.29) is 17.9 Å². The van der Waals surface area contributed by atoms with E-state index in [4.69, 9.17) is 0 Å². The van der Waals surface area contributed by atoms with Crippen LogP contribution in [-0.4, -0.2) is 52.9 Å². The fraction of sp³-hybridized carbons (Fsp3) is 0.304. The van der Waals surface area contributed by atoms with Crippen LogP contribution in [0.2, 0.25) is 0 Å². The van der Waals surface area contributed by atoms with Crippen molar-refractivity contribution in [3.8, 4) is 0 Å². The number of pyridine rings is 1. The first kappa shape index (κ1) is 24.5. The predicted octanol–water partition coefficient (Wildman–Crippen LogP) is 3.38. The number of aryl methyl sites for hydroxylation is 1. The number of hydrogen-bond donors (Lipinski definition) is 2. The number of rotatable bonds is 6. The Balaban J connectivity index is 1.26. The zero-order valence-electron chi connectivity index (χ0n) is 18.5. The summed E-state index contributed by atoms with van der Waals surface area (Å²) in [4.78, 5) is 46.9. The van der Waals surface area contributed by atoms with Crippen molar-refractivity contribution in [1.82, 2.24) is 14.9 Å². The van der Waals surface area contributed by atoms with Gasteiger partial charge in [-0.15, -0.1) is 11.3 Å². The summed E-state index contributed by atoms with van der Waals surface area (Å²) in [6.07, 6.45) is -2.36. The van der Waals surface area contributed by atoms with Crippen LogP contribution in [-0.2, 0) is 17.4 Å². The number of aromatic amines is 1. The number of halogens is 3. The van der Waals surface area contributed by atoms with Gasteiger partial charge in [-0.2, -0.15) is 13.2 Å². The molecular weight excluding hydrogens is 483 g/mol. The molecule has 0 aliphatic carbocycles. The number of H-pyrrole nitrogens is 1. The number of benzene rings is 1. The van der Waals surface area contributed by atoms with E-state index in [2.05, 4.69) is 15.3 Å². The minimum atomic E-state index is -4.40. The molecule has 3 heterocycles. The zero-order valence-corrected chi connectivity index (χ0v) is 19.3. The molecule has 4 rings (SSSR count). The Labute approximate surface area is 202 Å². The number of carbonyl (C=O) groups is 2. The molecular formula is C23H22F3N5O3S. The van der Waals surface area contributed by atoms with Crippen molar-refractivity contribution in [1.29, 1.82) is 0 Å². The van der Waals surface area contributed by atoms with Crippen molar-refractivity contribution >= 4 is 34.0 Å². The monoisotopic (exact) mass is 505 g/mol. The number of anilines is 2. The number of thiazole rings is 1. The lowest BCUT2D eigenvalue weighted by Crippen LogP contribution is -2.48. The van der Waals surface area contributed by atoms with Gasteiger partial charge < -0.3 is 14.8 Å². The van der Waals surface area contributed by atoms with Crippen LogP contribution in [0, 0.1) is 0 Å². The van der Waals surface area contributed by atoms with E-state index in [1.54, 1.807) is 22.4 Å². The standard InChI is InChI=1S/C23H22F3N5O3S/c24-23(25,26)15-3-1-4-17(13-15)30-9-11-31(12-10-30)19(32)7-6-16-14-35-22(28-16)29-21(34)18-5-2-8-27-20(18)33/h1-5,8,13-14H,6-7,9-12H2,(H,27,33)(H,28,29,34). The highest BCUT2D eigenvalue weighted by Gasteiger charge is 2.31. The maximum absolute atomic E-state index is 13.0. The van der Waals surface area contributed by atoms with E-state index >= 15 is 0 Å². The van der Waals surface area contributed by atoms with Crippen molar-refractivity contribution in [2.45, 2.75) is 19.0 Å². The molecule has 1 aliphatic rings. The zero-order chi connectivity index (χ0) is 25.0. The van der Waals surface area contributed by atoms with Crippen molar-refractivity contribution in [3.63, 3.8) is 0 Å². The van der Waals surface area contributed by atoms with E-state index in [1.165, 1.54) is 29.7 Å². The van der Waals surface area contributed by atoms with Crippen molar-refractivity contribution in [2.75, 3.05) is 36.4 Å². The lowest BCUT2D eigenvalue weighted by Gasteiger charge is -2.36. The largest absolute Gasteiger partial charge is 0.416 e. The predicted molar refractivity (Wildman–Crippen MR) is 126 cm³/mol. The molecule has 0 spiro atoms. The first-order chi connectivity index (χ1) is 16.7. The van der Waals surface area contributed by atoms with E-state index in [1.807, 2.05) is 4.90 Å². The molecule has 2 aromatic heterocycles. The molecule has 1 aromatic carbocycles. The average Bonchev–Trinajstić information content (AvgIpc) is 3.29. The molecule has 8 nitrogen and oxygen atoms in total. The molecule has 0 saturated carbocycles. The van der Waals surface area contributed by atoms with Gasteiger partial charge in [-0.05, 0) is 36.8 Å². The van der Waals surface area contributed by atoms with Gasteiger partial charge in [-0.25, -0.2) is 4.98 Å². The van der Waals surface area contributed by atoms with Gasteiger partial charge in [0.05, 0.1) is 11.3 Å². The molecule has 3 aromatic rings. The number of nitrogens with one attached hydrogen (secondary N) is 2. The minimum absolute atomic E-state index is 0.0243. The van der Waals surface area contributed by atoms with E-state index in [0.717, 1.165) is 12.1 Å². The minimum Gasteiger partial charge on any atom is -0.368 e. The lowest BCUT2D eigenvalue weighted by atomic mass is 10.1. The van der Waals surface area contributed by atoms with Crippen LogP contribution in [0.4, 0.5) is 24.0 Å². The van der Waals surface area contributed by atoms with Gasteiger partial charge >= 0.3 is 6.18 Å². The number of piperazine rings is 1. The number of carbonyl (C=O) groups excluding carboxylic acids is 2. The maximum atomic E-state index is 13.0. The molecule has 1 fully saturated rings. The summed E-state index contributed by atoms with van der Waals surface area (Å²) in [7, 11) is 0. The van der Waals surface area contributed by atoms with Gasteiger partial charge in [-0.3, -0.25) is 19.7 Å². The Bertz CT molecular complexity index is 1270. The Morgan fingerprint density at radius 2 is 1.89 bits per heavy atom. The summed E-state index contributed by atoms with van der Waals surface area (Å²) in [6.45, 7) is 1.72. The molecule has 1 saturated heterocycles. The normalized spacial score (nSPS) is 14.1. The summed E-state index contributed by atoms with van der Waals surface area (Å²) < 4.78 is 38.9. The first-order valence-corrected chi connectivity index (χ1v) is 11.7. The van der Waals surface area contributed by atoms with Crippen molar-refractivity contribution in [3.05, 3.63) is 75.1 Å². The molecule has 184 valence electrons. The lowest BCUT2D eigenvalue weighted by molar-refractivity contribution is -0.137. The molecule has 0 radical (unpaired) electrons. The second-order valence-electron chi connectivity index (χ2n) is 7.93. The van der Waals surface area contributed by atoms with E-state index < -0.39 is 23.2 Å². The smallest absolute Gasteiger partial charge is 0.368 e. The van der Waals surface area contributed by atoms with E-state index in [9.17, 15) is 27.6 Å². The fourth-order valence-corrected chi connectivity index (χ4v) is 4.47. The molecule has 0 unspecified atom stereocenters. The van der Waals surface area contributed by atoms with Crippen LogP contribution < -0.4 is 15.8 Å². The first-order valence-electron chi connectivity index (χ1n) is 10.8. The summed E-state index contributed by atoms with van der Waals surface area (Å²) in [5.41, 5.74) is -0.0863. The van der Waals surface area contributed by atoms with Crippen LogP contribution >= 0.6 is 11.3 Å². The van der Waals surface area contributed by atoms with Gasteiger partial charge in [-0.1, -0.05) is 6.07 Å². The van der Waals surface area contributed by atoms with Gasteiger partial charge in [0.2, 0.25) is 5.91 Å². The van der Waals surface area contributed by atoms with Gasteiger partial charge in [0.15, 0.2) is 5.13 Å². The summed E-state index contributed by atoms with van der Waals surface area (Å²) in [6, 6.07) is 8.16. The Morgan fingerprint density at radius 1 is 1.11 bits per heavy atom. The van der Waals surface area contributed by atoms with Gasteiger partial charge in [0.25, 0.3) is 11.5 Å².